The van der Waals surface area contributed by atoms with E-state index < -0.39 is 6.10 Å². The Morgan fingerprint density at radius 1 is 1.22 bits per heavy atom. The second-order valence-corrected chi connectivity index (χ2v) is 7.33. The third-order valence-electron chi connectivity index (χ3n) is 2.98. The molecule has 2 aromatic carbocycles. The Labute approximate surface area is 153 Å². The SMILES string of the molecule is CC(Oc1ccc(Br)cc1)C(=O)NCCSc1ccc(Cl)cc1. The number of rotatable bonds is 7. The number of carbonyl (C=O) groups is 1. The van der Waals surface area contributed by atoms with Crippen LogP contribution in [0.4, 0.5) is 0 Å². The molecule has 0 radical (unpaired) electrons. The first-order chi connectivity index (χ1) is 11.0. The van der Waals surface area contributed by atoms with Crippen molar-refractivity contribution < 1.29 is 9.53 Å². The highest BCUT2D eigenvalue weighted by Crippen LogP contribution is 2.20. The standard InChI is InChI=1S/C17H17BrClNO2S/c1-12(22-15-6-2-13(18)3-7-15)17(21)20-10-11-23-16-8-4-14(19)5-9-16/h2-9,12H,10-11H2,1H3,(H,20,21). The maximum atomic E-state index is 12.0. The predicted octanol–water partition coefficient (Wildman–Crippen LogP) is 4.78. The minimum atomic E-state index is -0.531. The minimum absolute atomic E-state index is 0.121. The van der Waals surface area contributed by atoms with Crippen molar-refractivity contribution in [3.8, 4) is 5.75 Å². The summed E-state index contributed by atoms with van der Waals surface area (Å²) in [5.41, 5.74) is 0. The molecule has 1 N–H and O–H groups in total. The summed E-state index contributed by atoms with van der Waals surface area (Å²) in [4.78, 5) is 13.1. The Morgan fingerprint density at radius 2 is 1.87 bits per heavy atom. The average molecular weight is 415 g/mol. The van der Waals surface area contributed by atoms with Gasteiger partial charge in [0.05, 0.1) is 0 Å². The number of nitrogens with one attached hydrogen (secondary N) is 1. The number of amides is 1. The lowest BCUT2D eigenvalue weighted by Gasteiger charge is -2.14. The Balaban J connectivity index is 1.69. The van der Waals surface area contributed by atoms with Gasteiger partial charge in [-0.15, -0.1) is 11.8 Å². The predicted molar refractivity (Wildman–Crippen MR) is 99.4 cm³/mol. The van der Waals surface area contributed by atoms with Crippen LogP contribution in [0.5, 0.6) is 5.75 Å². The van der Waals surface area contributed by atoms with Crippen LogP contribution < -0.4 is 10.1 Å². The maximum absolute atomic E-state index is 12.0. The molecule has 1 unspecified atom stereocenters. The van der Waals surface area contributed by atoms with Crippen LogP contribution in [-0.4, -0.2) is 24.3 Å². The Morgan fingerprint density at radius 3 is 2.52 bits per heavy atom. The highest BCUT2D eigenvalue weighted by Gasteiger charge is 2.13. The van der Waals surface area contributed by atoms with E-state index in [-0.39, 0.29) is 5.91 Å². The molecule has 0 heterocycles. The van der Waals surface area contributed by atoms with Crippen molar-refractivity contribution in [3.05, 3.63) is 58.0 Å². The summed E-state index contributed by atoms with van der Waals surface area (Å²) in [6, 6.07) is 15.1. The molecule has 0 bridgehead atoms. The summed E-state index contributed by atoms with van der Waals surface area (Å²) in [7, 11) is 0. The van der Waals surface area contributed by atoms with Gasteiger partial charge in [-0.05, 0) is 55.5 Å². The Hall–Kier alpha value is -1.17. The summed E-state index contributed by atoms with van der Waals surface area (Å²) in [5.74, 6) is 1.34. The maximum Gasteiger partial charge on any atom is 0.260 e. The highest BCUT2D eigenvalue weighted by molar-refractivity contribution is 9.10. The van der Waals surface area contributed by atoms with Gasteiger partial charge in [0, 0.05) is 26.7 Å². The van der Waals surface area contributed by atoms with Gasteiger partial charge in [-0.3, -0.25) is 4.79 Å². The molecule has 0 saturated heterocycles. The van der Waals surface area contributed by atoms with Gasteiger partial charge in [-0.2, -0.15) is 0 Å². The molecule has 0 fully saturated rings. The third kappa shape index (κ3) is 6.45. The minimum Gasteiger partial charge on any atom is -0.481 e. The van der Waals surface area contributed by atoms with Gasteiger partial charge in [0.15, 0.2) is 6.10 Å². The summed E-state index contributed by atoms with van der Waals surface area (Å²) in [6.07, 6.45) is -0.531. The lowest BCUT2D eigenvalue weighted by Crippen LogP contribution is -2.37. The van der Waals surface area contributed by atoms with E-state index in [1.165, 1.54) is 0 Å². The second-order valence-electron chi connectivity index (χ2n) is 4.81. The van der Waals surface area contributed by atoms with Crippen molar-refractivity contribution in [2.24, 2.45) is 0 Å². The number of benzene rings is 2. The van der Waals surface area contributed by atoms with Crippen molar-refractivity contribution in [2.45, 2.75) is 17.9 Å². The third-order valence-corrected chi connectivity index (χ3v) is 4.77. The number of hydrogen-bond acceptors (Lipinski definition) is 3. The number of hydrogen-bond donors (Lipinski definition) is 1. The van der Waals surface area contributed by atoms with Crippen molar-refractivity contribution in [1.82, 2.24) is 5.32 Å². The van der Waals surface area contributed by atoms with E-state index in [0.29, 0.717) is 12.3 Å². The van der Waals surface area contributed by atoms with E-state index >= 15 is 0 Å². The molecule has 0 aromatic heterocycles. The van der Waals surface area contributed by atoms with Gasteiger partial charge >= 0.3 is 0 Å². The number of ether oxygens (including phenoxy) is 1. The molecular formula is C17H17BrClNO2S. The van der Waals surface area contributed by atoms with Gasteiger partial charge in [0.1, 0.15) is 5.75 Å². The van der Waals surface area contributed by atoms with Gasteiger partial charge in [0.25, 0.3) is 5.91 Å². The van der Waals surface area contributed by atoms with Gasteiger partial charge in [-0.25, -0.2) is 0 Å². The number of carbonyl (C=O) groups excluding carboxylic acids is 1. The fourth-order valence-electron chi connectivity index (χ4n) is 1.79. The van der Waals surface area contributed by atoms with E-state index in [1.54, 1.807) is 18.7 Å². The fraction of sp³-hybridized carbons (Fsp3) is 0.235. The molecule has 0 aliphatic carbocycles. The van der Waals surface area contributed by atoms with E-state index in [1.807, 2.05) is 48.5 Å². The first kappa shape index (κ1) is 18.2. The van der Waals surface area contributed by atoms with E-state index in [4.69, 9.17) is 16.3 Å². The number of halogens is 2. The summed E-state index contributed by atoms with van der Waals surface area (Å²) < 4.78 is 6.58. The molecule has 3 nitrogen and oxygen atoms in total. The van der Waals surface area contributed by atoms with E-state index in [0.717, 1.165) is 20.1 Å². The zero-order valence-corrected chi connectivity index (χ0v) is 15.7. The van der Waals surface area contributed by atoms with Crippen molar-refractivity contribution in [3.63, 3.8) is 0 Å². The summed E-state index contributed by atoms with van der Waals surface area (Å²) in [5, 5.41) is 3.60. The molecule has 6 heteroatoms. The average Bonchev–Trinajstić information content (AvgIpc) is 2.55. The molecule has 122 valence electrons. The summed E-state index contributed by atoms with van der Waals surface area (Å²) >= 11 is 10.9. The fourth-order valence-corrected chi connectivity index (χ4v) is 2.95. The first-order valence-corrected chi connectivity index (χ1v) is 9.28. The van der Waals surface area contributed by atoms with Gasteiger partial charge < -0.3 is 10.1 Å². The van der Waals surface area contributed by atoms with Crippen LogP contribution in [0.15, 0.2) is 57.9 Å². The monoisotopic (exact) mass is 413 g/mol. The van der Waals surface area contributed by atoms with Crippen LogP contribution in [-0.2, 0) is 4.79 Å². The normalized spacial score (nSPS) is 11.8. The first-order valence-electron chi connectivity index (χ1n) is 7.13. The van der Waals surface area contributed by atoms with Crippen LogP contribution in [0.3, 0.4) is 0 Å². The lowest BCUT2D eigenvalue weighted by molar-refractivity contribution is -0.127. The molecule has 0 spiro atoms. The van der Waals surface area contributed by atoms with Crippen molar-refractivity contribution in [1.29, 1.82) is 0 Å². The number of thioether (sulfide) groups is 1. The van der Waals surface area contributed by atoms with Gasteiger partial charge in [0.2, 0.25) is 0 Å². The van der Waals surface area contributed by atoms with E-state index in [9.17, 15) is 4.79 Å². The second kappa shape index (κ2) is 9.21. The molecule has 1 amide bonds. The van der Waals surface area contributed by atoms with Crippen molar-refractivity contribution in [2.75, 3.05) is 12.3 Å². The van der Waals surface area contributed by atoms with Crippen LogP contribution in [0, 0.1) is 0 Å². The summed E-state index contributed by atoms with van der Waals surface area (Å²) in [6.45, 7) is 2.32. The van der Waals surface area contributed by atoms with Crippen LogP contribution in [0.25, 0.3) is 0 Å². The van der Waals surface area contributed by atoms with Crippen LogP contribution in [0.1, 0.15) is 6.92 Å². The molecule has 2 aromatic rings. The molecule has 2 rings (SSSR count). The van der Waals surface area contributed by atoms with Gasteiger partial charge in [-0.1, -0.05) is 27.5 Å². The molecular weight excluding hydrogens is 398 g/mol. The van der Waals surface area contributed by atoms with Crippen LogP contribution in [0.2, 0.25) is 5.02 Å². The Bertz CT molecular complexity index is 634. The topological polar surface area (TPSA) is 38.3 Å². The molecule has 1 atom stereocenters. The molecule has 0 aliphatic rings. The van der Waals surface area contributed by atoms with Crippen molar-refractivity contribution >= 4 is 45.2 Å². The van der Waals surface area contributed by atoms with E-state index in [2.05, 4.69) is 21.2 Å². The van der Waals surface area contributed by atoms with Crippen LogP contribution >= 0.6 is 39.3 Å². The lowest BCUT2D eigenvalue weighted by atomic mass is 10.3. The molecule has 0 saturated carbocycles. The zero-order chi connectivity index (χ0) is 16.7. The quantitative estimate of drug-likeness (QED) is 0.523. The zero-order valence-electron chi connectivity index (χ0n) is 12.6. The Kier molecular flexibility index (Phi) is 7.27. The highest BCUT2D eigenvalue weighted by atomic mass is 79.9. The molecule has 23 heavy (non-hydrogen) atoms. The smallest absolute Gasteiger partial charge is 0.260 e. The largest absolute Gasteiger partial charge is 0.481 e. The molecule has 0 aliphatic heterocycles.